The summed E-state index contributed by atoms with van der Waals surface area (Å²) in [5.74, 6) is 0.611. The van der Waals surface area contributed by atoms with E-state index in [9.17, 15) is 18.0 Å². The van der Waals surface area contributed by atoms with Gasteiger partial charge in [-0.25, -0.2) is 4.68 Å². The van der Waals surface area contributed by atoms with Gasteiger partial charge in [0.15, 0.2) is 11.7 Å². The Bertz CT molecular complexity index is 1030. The van der Waals surface area contributed by atoms with Crippen LogP contribution in [0.1, 0.15) is 40.3 Å². The number of amides is 1. The summed E-state index contributed by atoms with van der Waals surface area (Å²) < 4.78 is 52.5. The first kappa shape index (κ1) is 19.9. The lowest BCUT2D eigenvalue weighted by Gasteiger charge is -2.33. The van der Waals surface area contributed by atoms with Crippen LogP contribution in [0.4, 0.5) is 19.0 Å². The quantitative estimate of drug-likeness (QED) is 0.650. The van der Waals surface area contributed by atoms with Crippen LogP contribution >= 0.6 is 0 Å². The Hall–Kier alpha value is -3.43. The summed E-state index contributed by atoms with van der Waals surface area (Å²) >= 11 is 0. The summed E-state index contributed by atoms with van der Waals surface area (Å²) in [6.45, 7) is 0.108. The van der Waals surface area contributed by atoms with Crippen LogP contribution in [-0.2, 0) is 6.54 Å². The summed E-state index contributed by atoms with van der Waals surface area (Å²) in [4.78, 5) is 12.4. The van der Waals surface area contributed by atoms with Gasteiger partial charge < -0.3 is 19.8 Å². The normalized spacial score (nSPS) is 18.4. The van der Waals surface area contributed by atoms with Gasteiger partial charge in [-0.1, -0.05) is 12.1 Å². The van der Waals surface area contributed by atoms with Crippen molar-refractivity contribution in [1.29, 1.82) is 0 Å². The number of benzene rings is 1. The third kappa shape index (κ3) is 3.98. The zero-order valence-corrected chi connectivity index (χ0v) is 15.9. The van der Waals surface area contributed by atoms with Crippen LogP contribution in [0, 0.1) is 0 Å². The molecule has 1 aliphatic heterocycles. The molecule has 0 unspecified atom stereocenters. The van der Waals surface area contributed by atoms with Crippen LogP contribution in [-0.4, -0.2) is 29.0 Å². The van der Waals surface area contributed by atoms with E-state index in [-0.39, 0.29) is 24.5 Å². The van der Waals surface area contributed by atoms with E-state index in [2.05, 4.69) is 15.7 Å². The number of hydrogen-bond acceptors (Lipinski definition) is 5. The predicted octanol–water partition coefficient (Wildman–Crippen LogP) is 4.08. The van der Waals surface area contributed by atoms with Crippen LogP contribution in [0.3, 0.4) is 0 Å². The van der Waals surface area contributed by atoms with E-state index in [1.54, 1.807) is 36.4 Å². The van der Waals surface area contributed by atoms with Crippen molar-refractivity contribution >= 4 is 11.7 Å². The lowest BCUT2D eigenvalue weighted by molar-refractivity contribution is -0.173. The van der Waals surface area contributed by atoms with E-state index in [1.165, 1.54) is 19.4 Å². The molecule has 0 fully saturated rings. The number of aromatic nitrogens is 2. The first-order valence-electron chi connectivity index (χ1n) is 9.22. The fourth-order valence-corrected chi connectivity index (χ4v) is 3.43. The summed E-state index contributed by atoms with van der Waals surface area (Å²) in [5.41, 5.74) is 0.546. The third-order valence-corrected chi connectivity index (χ3v) is 4.92. The highest BCUT2D eigenvalue weighted by atomic mass is 19.4. The van der Waals surface area contributed by atoms with E-state index in [0.717, 1.165) is 4.68 Å². The molecular weight excluding hydrogens is 401 g/mol. The van der Waals surface area contributed by atoms with Gasteiger partial charge in [-0.2, -0.15) is 18.3 Å². The van der Waals surface area contributed by atoms with Crippen molar-refractivity contribution in [3.63, 3.8) is 0 Å². The molecule has 0 spiro atoms. The second-order valence-corrected chi connectivity index (χ2v) is 6.89. The lowest BCUT2D eigenvalue weighted by Crippen LogP contribution is -2.35. The fraction of sp³-hybridized carbons (Fsp3) is 0.300. The number of fused-ring (bicyclic) bond motifs is 1. The van der Waals surface area contributed by atoms with Gasteiger partial charge in [-0.05, 0) is 29.8 Å². The SMILES string of the molecule is COc1cccc([C@H]2C[C@H](C(F)(F)F)n3nc(C(=O)NCc4ccco4)cc3N2)c1. The number of hydrogen-bond donors (Lipinski definition) is 2. The molecule has 2 aromatic heterocycles. The number of carbonyl (C=O) groups is 1. The van der Waals surface area contributed by atoms with Gasteiger partial charge in [0.25, 0.3) is 5.91 Å². The topological polar surface area (TPSA) is 81.3 Å². The molecule has 0 saturated carbocycles. The number of nitrogens with zero attached hydrogens (tertiary/aromatic N) is 2. The monoisotopic (exact) mass is 420 g/mol. The number of rotatable bonds is 5. The Morgan fingerprint density at radius 3 is 2.87 bits per heavy atom. The molecule has 0 radical (unpaired) electrons. The van der Waals surface area contributed by atoms with Crippen molar-refractivity contribution in [3.05, 3.63) is 65.7 Å². The van der Waals surface area contributed by atoms with Crippen LogP contribution in [0.2, 0.25) is 0 Å². The standard InChI is InChI=1S/C20H19F3N4O3/c1-29-13-5-2-4-12(8-13)15-9-17(20(21,22)23)27-18(25-15)10-16(26-27)19(28)24-11-14-6-3-7-30-14/h2-8,10,15,17,25H,9,11H2,1H3,(H,24,28)/t15-,17-/m1/s1. The first-order valence-corrected chi connectivity index (χ1v) is 9.22. The van der Waals surface area contributed by atoms with Crippen molar-refractivity contribution in [3.8, 4) is 5.75 Å². The molecule has 3 heterocycles. The largest absolute Gasteiger partial charge is 0.497 e. The average molecular weight is 420 g/mol. The van der Waals surface area contributed by atoms with E-state index in [1.807, 2.05) is 0 Å². The molecule has 1 amide bonds. The molecule has 2 N–H and O–H groups in total. The zero-order valence-electron chi connectivity index (χ0n) is 15.9. The Morgan fingerprint density at radius 1 is 1.33 bits per heavy atom. The molecule has 0 saturated heterocycles. The van der Waals surface area contributed by atoms with Gasteiger partial charge in [0.05, 0.1) is 26.0 Å². The van der Waals surface area contributed by atoms with Crippen LogP contribution in [0.5, 0.6) is 5.75 Å². The minimum Gasteiger partial charge on any atom is -0.497 e. The van der Waals surface area contributed by atoms with E-state index in [0.29, 0.717) is 17.1 Å². The van der Waals surface area contributed by atoms with E-state index in [4.69, 9.17) is 9.15 Å². The molecule has 2 atom stereocenters. The number of halogens is 3. The fourth-order valence-electron chi connectivity index (χ4n) is 3.43. The van der Waals surface area contributed by atoms with Crippen molar-refractivity contribution in [2.24, 2.45) is 0 Å². The van der Waals surface area contributed by atoms with Gasteiger partial charge in [-0.3, -0.25) is 4.79 Å². The molecular formula is C20H19F3N4O3. The number of methoxy groups -OCH3 is 1. The maximum Gasteiger partial charge on any atom is 0.410 e. The highest BCUT2D eigenvalue weighted by Gasteiger charge is 2.46. The van der Waals surface area contributed by atoms with Crippen LogP contribution < -0.4 is 15.4 Å². The van der Waals surface area contributed by atoms with Crippen LogP contribution in [0.25, 0.3) is 0 Å². The molecule has 3 aromatic rings. The summed E-state index contributed by atoms with van der Waals surface area (Å²) in [6, 6.07) is 9.06. The Morgan fingerprint density at radius 2 is 2.17 bits per heavy atom. The highest BCUT2D eigenvalue weighted by molar-refractivity contribution is 5.93. The van der Waals surface area contributed by atoms with Crippen molar-refractivity contribution in [2.75, 3.05) is 12.4 Å². The number of nitrogens with one attached hydrogen (secondary N) is 2. The minimum atomic E-state index is -4.53. The first-order chi connectivity index (χ1) is 14.3. The van der Waals surface area contributed by atoms with Crippen LogP contribution in [0.15, 0.2) is 53.1 Å². The average Bonchev–Trinajstić information content (AvgIpc) is 3.40. The van der Waals surface area contributed by atoms with Crippen molar-refractivity contribution < 1.29 is 27.1 Å². The molecule has 1 aromatic carbocycles. The molecule has 158 valence electrons. The number of ether oxygens (including phenoxy) is 1. The second-order valence-electron chi connectivity index (χ2n) is 6.89. The lowest BCUT2D eigenvalue weighted by atomic mass is 9.97. The Labute approximate surface area is 169 Å². The second kappa shape index (κ2) is 7.77. The predicted molar refractivity (Wildman–Crippen MR) is 101 cm³/mol. The third-order valence-electron chi connectivity index (χ3n) is 4.92. The molecule has 4 rings (SSSR count). The number of furan rings is 1. The summed E-state index contributed by atoms with van der Waals surface area (Å²) in [5, 5.41) is 9.57. The Balaban J connectivity index is 1.60. The number of carbonyl (C=O) groups excluding carboxylic acids is 1. The number of alkyl halides is 3. The van der Waals surface area contributed by atoms with E-state index < -0.39 is 24.2 Å². The maximum atomic E-state index is 13.8. The van der Waals surface area contributed by atoms with Gasteiger partial charge in [0.2, 0.25) is 0 Å². The summed E-state index contributed by atoms with van der Waals surface area (Å²) in [6.07, 6.45) is -3.33. The van der Waals surface area contributed by atoms with Crippen molar-refractivity contribution in [2.45, 2.75) is 31.2 Å². The molecule has 0 aliphatic carbocycles. The molecule has 1 aliphatic rings. The molecule has 30 heavy (non-hydrogen) atoms. The molecule has 0 bridgehead atoms. The number of anilines is 1. The van der Waals surface area contributed by atoms with Gasteiger partial charge in [0, 0.05) is 12.5 Å². The highest BCUT2D eigenvalue weighted by Crippen LogP contribution is 2.43. The smallest absolute Gasteiger partial charge is 0.410 e. The molecule has 7 nitrogen and oxygen atoms in total. The minimum absolute atomic E-state index is 0.107. The van der Waals surface area contributed by atoms with Gasteiger partial charge in [-0.15, -0.1) is 0 Å². The van der Waals surface area contributed by atoms with E-state index >= 15 is 0 Å². The molecule has 10 heteroatoms. The van der Waals surface area contributed by atoms with Crippen molar-refractivity contribution in [1.82, 2.24) is 15.1 Å². The van der Waals surface area contributed by atoms with Gasteiger partial charge >= 0.3 is 6.18 Å². The maximum absolute atomic E-state index is 13.8. The Kier molecular flexibility index (Phi) is 5.15. The summed E-state index contributed by atoms with van der Waals surface area (Å²) in [7, 11) is 1.49. The zero-order chi connectivity index (χ0) is 21.3. The van der Waals surface area contributed by atoms with Gasteiger partial charge in [0.1, 0.15) is 17.3 Å².